The SMILES string of the molecule is COc1cc(N)cc(F)c1[N+](=O)[O-]. The Bertz CT molecular complexity index is 354. The van der Waals surface area contributed by atoms with Crippen LogP contribution in [0, 0.1) is 15.9 Å². The number of hydrogen-bond donors (Lipinski definition) is 1. The molecule has 1 aromatic carbocycles. The van der Waals surface area contributed by atoms with Crippen molar-refractivity contribution >= 4 is 11.4 Å². The Morgan fingerprint density at radius 1 is 1.62 bits per heavy atom. The minimum atomic E-state index is -0.998. The maximum atomic E-state index is 12.9. The van der Waals surface area contributed by atoms with Crippen LogP contribution in [0.3, 0.4) is 0 Å². The second kappa shape index (κ2) is 3.26. The molecule has 1 rings (SSSR count). The van der Waals surface area contributed by atoms with E-state index in [2.05, 4.69) is 4.74 Å². The Hall–Kier alpha value is -1.85. The molecule has 13 heavy (non-hydrogen) atoms. The van der Waals surface area contributed by atoms with E-state index in [-0.39, 0.29) is 11.4 Å². The summed E-state index contributed by atoms with van der Waals surface area (Å²) in [6.45, 7) is 0. The lowest BCUT2D eigenvalue weighted by Gasteiger charge is -2.02. The molecule has 0 bridgehead atoms. The van der Waals surface area contributed by atoms with Gasteiger partial charge in [-0.25, -0.2) is 0 Å². The van der Waals surface area contributed by atoms with Gasteiger partial charge in [0.05, 0.1) is 12.0 Å². The number of ether oxygens (including phenoxy) is 1. The van der Waals surface area contributed by atoms with Crippen molar-refractivity contribution < 1.29 is 14.1 Å². The van der Waals surface area contributed by atoms with Crippen molar-refractivity contribution in [1.29, 1.82) is 0 Å². The maximum absolute atomic E-state index is 12.9. The Morgan fingerprint density at radius 3 is 2.69 bits per heavy atom. The minimum absolute atomic E-state index is 0.0833. The van der Waals surface area contributed by atoms with Crippen molar-refractivity contribution in [3.05, 3.63) is 28.1 Å². The summed E-state index contributed by atoms with van der Waals surface area (Å²) < 4.78 is 17.6. The fourth-order valence-corrected chi connectivity index (χ4v) is 0.927. The molecule has 0 aromatic heterocycles. The molecule has 0 saturated carbocycles. The van der Waals surface area contributed by atoms with Gasteiger partial charge in [0.25, 0.3) is 0 Å². The van der Waals surface area contributed by atoms with E-state index in [0.717, 1.165) is 6.07 Å². The monoisotopic (exact) mass is 186 g/mol. The predicted molar refractivity (Wildman–Crippen MR) is 44.0 cm³/mol. The fraction of sp³-hybridized carbons (Fsp3) is 0.143. The zero-order valence-electron chi connectivity index (χ0n) is 6.78. The average molecular weight is 186 g/mol. The van der Waals surface area contributed by atoms with Crippen LogP contribution in [0.25, 0.3) is 0 Å². The van der Waals surface area contributed by atoms with Crippen molar-refractivity contribution in [3.8, 4) is 5.75 Å². The average Bonchev–Trinajstić information content (AvgIpc) is 2.01. The molecule has 6 heteroatoms. The maximum Gasteiger partial charge on any atom is 0.346 e. The molecular weight excluding hydrogens is 179 g/mol. The number of benzene rings is 1. The van der Waals surface area contributed by atoms with Gasteiger partial charge in [0, 0.05) is 17.8 Å². The number of methoxy groups -OCH3 is 1. The van der Waals surface area contributed by atoms with Gasteiger partial charge >= 0.3 is 5.69 Å². The summed E-state index contributed by atoms with van der Waals surface area (Å²) in [7, 11) is 1.21. The highest BCUT2D eigenvalue weighted by Gasteiger charge is 2.21. The first kappa shape index (κ1) is 9.24. The lowest BCUT2D eigenvalue weighted by molar-refractivity contribution is -0.388. The zero-order valence-corrected chi connectivity index (χ0v) is 6.78. The van der Waals surface area contributed by atoms with E-state index >= 15 is 0 Å². The summed E-state index contributed by atoms with van der Waals surface area (Å²) >= 11 is 0. The number of nitrogens with two attached hydrogens (primary N) is 1. The number of hydrogen-bond acceptors (Lipinski definition) is 4. The van der Waals surface area contributed by atoms with Crippen LogP contribution in [-0.2, 0) is 0 Å². The lowest BCUT2D eigenvalue weighted by atomic mass is 10.2. The molecule has 0 radical (unpaired) electrons. The molecule has 0 atom stereocenters. The van der Waals surface area contributed by atoms with Crippen LogP contribution in [0.15, 0.2) is 12.1 Å². The third kappa shape index (κ3) is 1.66. The lowest BCUT2D eigenvalue weighted by Crippen LogP contribution is -1.98. The van der Waals surface area contributed by atoms with Crippen molar-refractivity contribution in [2.24, 2.45) is 0 Å². The molecule has 2 N–H and O–H groups in total. The van der Waals surface area contributed by atoms with Gasteiger partial charge in [-0.3, -0.25) is 10.1 Å². The number of nitro groups is 1. The van der Waals surface area contributed by atoms with Gasteiger partial charge in [0.15, 0.2) is 0 Å². The Balaban J connectivity index is 3.38. The van der Waals surface area contributed by atoms with Gasteiger partial charge in [-0.05, 0) is 0 Å². The van der Waals surface area contributed by atoms with E-state index in [0.29, 0.717) is 0 Å². The predicted octanol–water partition coefficient (Wildman–Crippen LogP) is 1.32. The molecule has 1 aromatic rings. The summed E-state index contributed by atoms with van der Waals surface area (Å²) in [4.78, 5) is 9.50. The molecule has 0 unspecified atom stereocenters. The third-order valence-electron chi connectivity index (χ3n) is 1.45. The highest BCUT2D eigenvalue weighted by atomic mass is 19.1. The molecule has 0 aliphatic rings. The summed E-state index contributed by atoms with van der Waals surface area (Å²) in [6, 6.07) is 2.07. The number of nitro benzene ring substituents is 1. The van der Waals surface area contributed by atoms with Crippen LogP contribution < -0.4 is 10.5 Å². The van der Waals surface area contributed by atoms with E-state index < -0.39 is 16.4 Å². The number of anilines is 1. The number of nitrogen functional groups attached to an aromatic ring is 1. The van der Waals surface area contributed by atoms with Crippen molar-refractivity contribution in [1.82, 2.24) is 0 Å². The molecule has 0 saturated heterocycles. The van der Waals surface area contributed by atoms with E-state index in [9.17, 15) is 14.5 Å². The van der Waals surface area contributed by atoms with Gasteiger partial charge in [0.2, 0.25) is 11.6 Å². The zero-order chi connectivity index (χ0) is 10.0. The fourth-order valence-electron chi connectivity index (χ4n) is 0.927. The summed E-state index contributed by atoms with van der Waals surface area (Å²) in [5.74, 6) is -1.18. The van der Waals surface area contributed by atoms with Gasteiger partial charge in [-0.1, -0.05) is 0 Å². The topological polar surface area (TPSA) is 78.4 Å². The summed E-state index contributed by atoms with van der Waals surface area (Å²) in [5.41, 5.74) is 4.65. The van der Waals surface area contributed by atoms with Crippen LogP contribution >= 0.6 is 0 Å². The standard InChI is InChI=1S/C7H7FN2O3/c1-13-6-3-4(9)2-5(8)7(6)10(11)12/h2-3H,9H2,1H3. The molecule has 0 amide bonds. The smallest absolute Gasteiger partial charge is 0.346 e. The highest BCUT2D eigenvalue weighted by molar-refractivity contribution is 5.56. The third-order valence-corrected chi connectivity index (χ3v) is 1.45. The summed E-state index contributed by atoms with van der Waals surface area (Å²) in [6.07, 6.45) is 0. The highest BCUT2D eigenvalue weighted by Crippen LogP contribution is 2.31. The van der Waals surface area contributed by atoms with Gasteiger partial charge in [-0.15, -0.1) is 0 Å². The summed E-state index contributed by atoms with van der Waals surface area (Å²) in [5, 5.41) is 10.4. The van der Waals surface area contributed by atoms with Crippen molar-refractivity contribution in [3.63, 3.8) is 0 Å². The number of halogens is 1. The second-order valence-electron chi connectivity index (χ2n) is 2.31. The minimum Gasteiger partial charge on any atom is -0.490 e. The molecular formula is C7H7FN2O3. The van der Waals surface area contributed by atoms with E-state index in [1.54, 1.807) is 0 Å². The molecule has 0 heterocycles. The first-order chi connectivity index (χ1) is 6.06. The van der Waals surface area contributed by atoms with Crippen LogP contribution in [0.5, 0.6) is 5.75 Å². The van der Waals surface area contributed by atoms with Gasteiger partial charge < -0.3 is 10.5 Å². The van der Waals surface area contributed by atoms with E-state index in [1.165, 1.54) is 13.2 Å². The van der Waals surface area contributed by atoms with Crippen LogP contribution in [0.4, 0.5) is 15.8 Å². The number of rotatable bonds is 2. The molecule has 0 fully saturated rings. The second-order valence-corrected chi connectivity index (χ2v) is 2.31. The number of nitrogens with zero attached hydrogens (tertiary/aromatic N) is 1. The van der Waals surface area contributed by atoms with Crippen LogP contribution in [-0.4, -0.2) is 12.0 Å². The quantitative estimate of drug-likeness (QED) is 0.429. The Morgan fingerprint density at radius 2 is 2.23 bits per heavy atom. The largest absolute Gasteiger partial charge is 0.490 e. The van der Waals surface area contributed by atoms with E-state index in [1.807, 2.05) is 0 Å². The molecule has 0 spiro atoms. The first-order valence-electron chi connectivity index (χ1n) is 3.33. The van der Waals surface area contributed by atoms with Crippen molar-refractivity contribution in [2.45, 2.75) is 0 Å². The molecule has 5 nitrogen and oxygen atoms in total. The first-order valence-corrected chi connectivity index (χ1v) is 3.33. The Kier molecular flexibility index (Phi) is 2.32. The van der Waals surface area contributed by atoms with Gasteiger partial charge in [0.1, 0.15) is 0 Å². The normalized spacial score (nSPS) is 9.69. The molecule has 70 valence electrons. The van der Waals surface area contributed by atoms with Crippen LogP contribution in [0.2, 0.25) is 0 Å². The molecule has 0 aliphatic carbocycles. The van der Waals surface area contributed by atoms with E-state index in [4.69, 9.17) is 5.73 Å². The molecule has 0 aliphatic heterocycles. The Labute approximate surface area is 73.1 Å². The van der Waals surface area contributed by atoms with Crippen LogP contribution in [0.1, 0.15) is 0 Å². The van der Waals surface area contributed by atoms with Gasteiger partial charge in [-0.2, -0.15) is 4.39 Å². The van der Waals surface area contributed by atoms with Crippen molar-refractivity contribution in [2.75, 3.05) is 12.8 Å².